The van der Waals surface area contributed by atoms with Gasteiger partial charge < -0.3 is 34.0 Å². The molecular formula is C35H50O10Si. The van der Waals surface area contributed by atoms with Gasteiger partial charge in [-0.3, -0.25) is 9.59 Å². The zero-order chi connectivity index (χ0) is 34.0. The third-order valence-corrected chi connectivity index (χ3v) is 16.9. The van der Waals surface area contributed by atoms with Crippen LogP contribution in [0.2, 0.25) is 18.1 Å². The van der Waals surface area contributed by atoms with Crippen LogP contribution in [0, 0.1) is 16.7 Å². The van der Waals surface area contributed by atoms with Crippen molar-refractivity contribution in [2.75, 3.05) is 6.61 Å². The Labute approximate surface area is 272 Å². The second-order valence-electron chi connectivity index (χ2n) is 14.5. The van der Waals surface area contributed by atoms with E-state index in [9.17, 15) is 24.9 Å². The molecule has 3 N–H and O–H groups in total. The van der Waals surface area contributed by atoms with E-state index >= 15 is 4.79 Å². The molecule has 0 spiro atoms. The van der Waals surface area contributed by atoms with Gasteiger partial charge in [0, 0.05) is 25.2 Å². The van der Waals surface area contributed by atoms with Crippen molar-refractivity contribution >= 4 is 26.0 Å². The Morgan fingerprint density at radius 2 is 1.65 bits per heavy atom. The molecule has 9 atom stereocenters. The third-order valence-electron chi connectivity index (χ3n) is 12.2. The van der Waals surface area contributed by atoms with Gasteiger partial charge in [-0.25, -0.2) is 4.79 Å². The molecule has 46 heavy (non-hydrogen) atoms. The second kappa shape index (κ2) is 11.9. The van der Waals surface area contributed by atoms with Gasteiger partial charge in [-0.2, -0.15) is 0 Å². The molecule has 4 aliphatic rings. The van der Waals surface area contributed by atoms with Crippen LogP contribution >= 0.6 is 0 Å². The highest BCUT2D eigenvalue weighted by Gasteiger charge is 2.78. The van der Waals surface area contributed by atoms with Crippen molar-refractivity contribution in [1.82, 2.24) is 0 Å². The van der Waals surface area contributed by atoms with Crippen LogP contribution in [-0.2, 0) is 28.2 Å². The number of aliphatic hydroxyl groups excluding tert-OH is 2. The fraction of sp³-hybridized carbons (Fsp3) is 0.686. The molecule has 3 aliphatic carbocycles. The van der Waals surface area contributed by atoms with Crippen molar-refractivity contribution in [1.29, 1.82) is 0 Å². The topological polar surface area (TPSA) is 149 Å². The first-order chi connectivity index (χ1) is 21.5. The molecule has 1 heterocycles. The minimum atomic E-state index is -2.42. The van der Waals surface area contributed by atoms with E-state index in [2.05, 4.69) is 20.8 Å². The van der Waals surface area contributed by atoms with Crippen molar-refractivity contribution in [3.63, 3.8) is 0 Å². The Bertz CT molecular complexity index is 1400. The zero-order valence-corrected chi connectivity index (χ0v) is 29.3. The molecule has 1 aliphatic heterocycles. The highest BCUT2D eigenvalue weighted by molar-refractivity contribution is 6.73. The highest BCUT2D eigenvalue weighted by atomic mass is 28.4. The number of ketones is 1. The summed E-state index contributed by atoms with van der Waals surface area (Å²) in [4.78, 5) is 41.9. The van der Waals surface area contributed by atoms with Crippen LogP contribution in [0.1, 0.15) is 78.6 Å². The van der Waals surface area contributed by atoms with Crippen molar-refractivity contribution in [3.05, 3.63) is 47.0 Å². The maximum atomic E-state index is 15.1. The van der Waals surface area contributed by atoms with E-state index in [0.29, 0.717) is 5.57 Å². The number of benzene rings is 1. The molecule has 10 nitrogen and oxygen atoms in total. The van der Waals surface area contributed by atoms with Crippen LogP contribution in [0.3, 0.4) is 0 Å². The van der Waals surface area contributed by atoms with E-state index in [1.165, 1.54) is 6.92 Å². The average Bonchev–Trinajstić information content (AvgIpc) is 3.01. The SMILES string of the molecule is CC[Si](CC)(CC)O[C@H]1C[C@H]2OC[C@@]2(OC(C)=O)C2[C@H](OC(=O)c3ccccc3)[C@]3(O)C[C@H](O)C(C)=C([C@@H](O)C(=O)[C@@]21C)C3(C)C. The number of ether oxygens (including phenoxy) is 3. The number of aliphatic hydroxyl groups is 3. The average molecular weight is 659 g/mol. The molecule has 254 valence electrons. The standard InChI is InChI=1S/C35H50O10Si/c1-9-46(10-2,11-3)45-24-17-25-34(19-42-25,44-21(5)36)28-30(43-31(40)22-15-13-12-14-16-22)35(41)18-23(37)20(4)26(32(35,6)7)27(38)29(39)33(24,28)8/h12-16,23-25,27-28,30,37-38,41H,9-11,17-19H2,1-8H3/t23-,24-,25+,27+,28?,30-,33+,34-,35+/m0/s1. The van der Waals surface area contributed by atoms with Crippen molar-refractivity contribution < 1.29 is 48.3 Å². The minimum Gasteiger partial charge on any atom is -0.455 e. The number of esters is 2. The van der Waals surface area contributed by atoms with Gasteiger partial charge in [-0.15, -0.1) is 0 Å². The van der Waals surface area contributed by atoms with Gasteiger partial charge in [0.1, 0.15) is 23.9 Å². The fourth-order valence-electron chi connectivity index (χ4n) is 9.11. The lowest BCUT2D eigenvalue weighted by molar-refractivity contribution is -0.344. The number of hydrogen-bond acceptors (Lipinski definition) is 10. The van der Waals surface area contributed by atoms with Crippen molar-refractivity contribution in [2.24, 2.45) is 16.7 Å². The first-order valence-electron chi connectivity index (χ1n) is 16.6. The number of hydrogen-bond donors (Lipinski definition) is 3. The molecular weight excluding hydrogens is 608 g/mol. The highest BCUT2D eigenvalue weighted by Crippen LogP contribution is 2.64. The lowest BCUT2D eigenvalue weighted by Crippen LogP contribution is -2.82. The molecule has 5 rings (SSSR count). The summed E-state index contributed by atoms with van der Waals surface area (Å²) in [6.07, 6.45) is -6.03. The van der Waals surface area contributed by atoms with E-state index in [1.54, 1.807) is 58.0 Å². The molecule has 11 heteroatoms. The normalized spacial score (nSPS) is 38.5. The molecule has 0 amide bonds. The molecule has 0 aromatic heterocycles. The van der Waals surface area contributed by atoms with Crippen LogP contribution in [0.5, 0.6) is 0 Å². The van der Waals surface area contributed by atoms with Crippen molar-refractivity contribution in [2.45, 2.75) is 128 Å². The number of carbonyl (C=O) groups excluding carboxylic acids is 3. The Balaban J connectivity index is 1.84. The van der Waals surface area contributed by atoms with Gasteiger partial charge in [-0.05, 0) is 55.3 Å². The smallest absolute Gasteiger partial charge is 0.338 e. The first-order valence-corrected chi connectivity index (χ1v) is 19.1. The van der Waals surface area contributed by atoms with E-state index in [4.69, 9.17) is 18.6 Å². The lowest BCUT2D eigenvalue weighted by Gasteiger charge is -2.68. The van der Waals surface area contributed by atoms with Crippen LogP contribution in [0.15, 0.2) is 41.5 Å². The van der Waals surface area contributed by atoms with Crippen LogP contribution in [0.4, 0.5) is 0 Å². The Hall–Kier alpha value is -2.41. The van der Waals surface area contributed by atoms with E-state index in [1.807, 2.05) is 0 Å². The predicted molar refractivity (Wildman–Crippen MR) is 171 cm³/mol. The fourth-order valence-corrected chi connectivity index (χ4v) is 12.1. The van der Waals surface area contributed by atoms with E-state index in [-0.39, 0.29) is 30.6 Å². The Morgan fingerprint density at radius 1 is 1.04 bits per heavy atom. The third kappa shape index (κ3) is 4.87. The Kier molecular flexibility index (Phi) is 9.05. The number of fused-ring (bicyclic) bond motifs is 5. The summed E-state index contributed by atoms with van der Waals surface area (Å²) in [6, 6.07) is 10.7. The summed E-state index contributed by atoms with van der Waals surface area (Å²) in [7, 11) is -2.42. The number of rotatable bonds is 8. The molecule has 1 saturated heterocycles. The lowest BCUT2D eigenvalue weighted by atomic mass is 9.44. The number of Topliss-reactive ketones (excluding diaryl/α,β-unsaturated/α-hetero) is 1. The molecule has 1 unspecified atom stereocenters. The quantitative estimate of drug-likeness (QED) is 0.212. The second-order valence-corrected chi connectivity index (χ2v) is 19.2. The summed E-state index contributed by atoms with van der Waals surface area (Å²) in [5.74, 6) is -3.16. The summed E-state index contributed by atoms with van der Waals surface area (Å²) < 4.78 is 25.7. The summed E-state index contributed by atoms with van der Waals surface area (Å²) >= 11 is 0. The van der Waals surface area contributed by atoms with E-state index < -0.39 is 84.5 Å². The van der Waals surface area contributed by atoms with Crippen molar-refractivity contribution in [3.8, 4) is 0 Å². The van der Waals surface area contributed by atoms with Gasteiger partial charge in [0.25, 0.3) is 0 Å². The maximum absolute atomic E-state index is 15.1. The molecule has 3 fully saturated rings. The largest absolute Gasteiger partial charge is 0.455 e. The molecule has 0 radical (unpaired) electrons. The van der Waals surface area contributed by atoms with Gasteiger partial charge in [-0.1, -0.05) is 52.8 Å². The van der Waals surface area contributed by atoms with Crippen LogP contribution in [-0.4, -0.2) is 89.7 Å². The van der Waals surface area contributed by atoms with Crippen LogP contribution < -0.4 is 0 Å². The molecule has 1 aromatic carbocycles. The summed E-state index contributed by atoms with van der Waals surface area (Å²) in [5, 5.41) is 36.5. The summed E-state index contributed by atoms with van der Waals surface area (Å²) in [6.45, 7) is 14.1. The molecule has 2 bridgehead atoms. The van der Waals surface area contributed by atoms with Gasteiger partial charge >= 0.3 is 11.9 Å². The first kappa shape index (κ1) is 34.9. The maximum Gasteiger partial charge on any atom is 0.338 e. The van der Waals surface area contributed by atoms with Crippen LogP contribution in [0.25, 0.3) is 0 Å². The minimum absolute atomic E-state index is 0.105. The summed E-state index contributed by atoms with van der Waals surface area (Å²) in [5.41, 5.74) is -5.70. The molecule has 1 aromatic rings. The van der Waals surface area contributed by atoms with Gasteiger partial charge in [0.05, 0.1) is 35.7 Å². The predicted octanol–water partition coefficient (Wildman–Crippen LogP) is 4.11. The van der Waals surface area contributed by atoms with E-state index in [0.717, 1.165) is 18.1 Å². The zero-order valence-electron chi connectivity index (χ0n) is 28.3. The molecule has 2 saturated carbocycles. The monoisotopic (exact) mass is 658 g/mol. The van der Waals surface area contributed by atoms with Gasteiger partial charge in [0.15, 0.2) is 19.7 Å². The number of carbonyl (C=O) groups is 3. The Morgan fingerprint density at radius 3 is 2.17 bits per heavy atom. The van der Waals surface area contributed by atoms with Gasteiger partial charge in [0.2, 0.25) is 0 Å².